The molecule has 2 aliphatic rings. The lowest BCUT2D eigenvalue weighted by molar-refractivity contribution is -0.140. The zero-order valence-electron chi connectivity index (χ0n) is 26.4. The van der Waals surface area contributed by atoms with E-state index in [0.717, 1.165) is 40.2 Å². The number of carbonyl (C=O) groups excluding carboxylic acids is 2. The van der Waals surface area contributed by atoms with Gasteiger partial charge in [0.1, 0.15) is 0 Å². The van der Waals surface area contributed by atoms with Crippen LogP contribution in [0.3, 0.4) is 0 Å². The van der Waals surface area contributed by atoms with Crippen LogP contribution in [0.5, 0.6) is 11.5 Å². The van der Waals surface area contributed by atoms with Crippen LogP contribution in [-0.4, -0.2) is 47.3 Å². The molecular formula is C36H39ClN4O4. The number of rotatable bonds is 6. The van der Waals surface area contributed by atoms with Gasteiger partial charge in [-0.1, -0.05) is 61.3 Å². The number of fused-ring (bicyclic) bond motifs is 1. The van der Waals surface area contributed by atoms with Crippen molar-refractivity contribution < 1.29 is 19.1 Å². The van der Waals surface area contributed by atoms with E-state index in [1.165, 1.54) is 0 Å². The third-order valence-electron chi connectivity index (χ3n) is 8.95. The average molecular weight is 627 g/mol. The summed E-state index contributed by atoms with van der Waals surface area (Å²) < 4.78 is 13.1. The highest BCUT2D eigenvalue weighted by Crippen LogP contribution is 2.44. The van der Waals surface area contributed by atoms with E-state index in [-0.39, 0.29) is 23.7 Å². The number of para-hydroxylation sites is 1. The first-order valence-electron chi connectivity index (χ1n) is 15.3. The summed E-state index contributed by atoms with van der Waals surface area (Å²) in [5.41, 5.74) is 5.32. The van der Waals surface area contributed by atoms with Crippen molar-refractivity contribution in [2.45, 2.75) is 52.6 Å². The van der Waals surface area contributed by atoms with E-state index >= 15 is 0 Å². The molecule has 1 aromatic heterocycles. The molecule has 2 aliphatic heterocycles. The third kappa shape index (κ3) is 5.91. The number of carbonyl (C=O) groups is 2. The molecule has 234 valence electrons. The van der Waals surface area contributed by atoms with Crippen molar-refractivity contribution in [3.8, 4) is 17.2 Å². The maximum atomic E-state index is 14.8. The van der Waals surface area contributed by atoms with Gasteiger partial charge in [0.15, 0.2) is 11.5 Å². The predicted octanol–water partition coefficient (Wildman–Crippen LogP) is 6.95. The number of benzene rings is 3. The fourth-order valence-corrected chi connectivity index (χ4v) is 7.03. The number of aromatic nitrogens is 2. The molecule has 0 spiro atoms. The van der Waals surface area contributed by atoms with Gasteiger partial charge in [-0.3, -0.25) is 9.59 Å². The Morgan fingerprint density at radius 3 is 2.44 bits per heavy atom. The number of hydrogen-bond acceptors (Lipinski definition) is 5. The molecule has 2 atom stereocenters. The van der Waals surface area contributed by atoms with E-state index in [1.807, 2.05) is 89.4 Å². The summed E-state index contributed by atoms with van der Waals surface area (Å²) in [6, 6.07) is 20.7. The minimum Gasteiger partial charge on any atom is -0.493 e. The van der Waals surface area contributed by atoms with Crippen molar-refractivity contribution in [3.63, 3.8) is 0 Å². The van der Waals surface area contributed by atoms with Crippen LogP contribution in [0.2, 0.25) is 5.02 Å². The molecule has 45 heavy (non-hydrogen) atoms. The molecule has 1 fully saturated rings. The fourth-order valence-electron chi connectivity index (χ4n) is 6.82. The number of anilines is 1. The number of aryl methyl sites for hydroxylation is 1. The Morgan fingerprint density at radius 1 is 1.00 bits per heavy atom. The SMILES string of the molecule is COc1ccc(C2C(C(=O)N3Cc4cnn(-c5ccccc5Cl)c4CC(C)(C)C3)CCC(=O)N2c2ccc(C)cc2)cc1OC. The zero-order chi connectivity index (χ0) is 31.9. The molecule has 3 heterocycles. The van der Waals surface area contributed by atoms with Crippen LogP contribution in [0.4, 0.5) is 5.69 Å². The molecule has 0 radical (unpaired) electrons. The summed E-state index contributed by atoms with van der Waals surface area (Å²) in [6.07, 6.45) is 3.31. The summed E-state index contributed by atoms with van der Waals surface area (Å²) in [4.78, 5) is 32.3. The number of hydrogen-bond donors (Lipinski definition) is 0. The Hall–Kier alpha value is -4.30. The van der Waals surface area contributed by atoms with Crippen LogP contribution in [0, 0.1) is 18.3 Å². The first-order valence-corrected chi connectivity index (χ1v) is 15.7. The maximum Gasteiger partial charge on any atom is 0.228 e. The van der Waals surface area contributed by atoms with Crippen LogP contribution < -0.4 is 14.4 Å². The number of amides is 2. The van der Waals surface area contributed by atoms with Crippen molar-refractivity contribution in [3.05, 3.63) is 100 Å². The van der Waals surface area contributed by atoms with E-state index in [0.29, 0.717) is 36.0 Å². The molecule has 8 nitrogen and oxygen atoms in total. The molecule has 1 saturated heterocycles. The smallest absolute Gasteiger partial charge is 0.228 e. The highest BCUT2D eigenvalue weighted by Gasteiger charge is 2.45. The highest BCUT2D eigenvalue weighted by atomic mass is 35.5. The van der Waals surface area contributed by atoms with E-state index < -0.39 is 12.0 Å². The molecule has 0 bridgehead atoms. The summed E-state index contributed by atoms with van der Waals surface area (Å²) in [5, 5.41) is 5.35. The van der Waals surface area contributed by atoms with Crippen molar-refractivity contribution in [2.24, 2.45) is 11.3 Å². The van der Waals surface area contributed by atoms with E-state index in [4.69, 9.17) is 26.2 Å². The monoisotopic (exact) mass is 626 g/mol. The molecule has 0 saturated carbocycles. The Balaban J connectivity index is 1.41. The second-order valence-corrected chi connectivity index (χ2v) is 13.2. The summed E-state index contributed by atoms with van der Waals surface area (Å²) in [7, 11) is 3.18. The van der Waals surface area contributed by atoms with Gasteiger partial charge in [0.2, 0.25) is 11.8 Å². The quantitative estimate of drug-likeness (QED) is 0.232. The van der Waals surface area contributed by atoms with Crippen molar-refractivity contribution in [1.82, 2.24) is 14.7 Å². The van der Waals surface area contributed by atoms with Crippen LogP contribution >= 0.6 is 11.6 Å². The molecule has 6 rings (SSSR count). The standard InChI is InChI=1S/C36H39ClN4O4/c1-23-10-13-26(14-11-23)40-33(42)17-15-27(34(40)24-12-16-31(44-4)32(18-24)45-5)35(43)39-21-25-20-38-41(29-9-7-6-8-28(29)37)30(25)19-36(2,3)22-39/h6-14,16,18,20,27,34H,15,17,19,21-22H2,1-5H3. The fraction of sp³-hybridized carbons (Fsp3) is 0.361. The number of halogens is 1. The minimum absolute atomic E-state index is 0.0119. The lowest BCUT2D eigenvalue weighted by atomic mass is 9.82. The van der Waals surface area contributed by atoms with Gasteiger partial charge in [0, 0.05) is 36.5 Å². The van der Waals surface area contributed by atoms with Gasteiger partial charge < -0.3 is 19.3 Å². The average Bonchev–Trinajstić information content (AvgIpc) is 3.34. The lowest BCUT2D eigenvalue weighted by Gasteiger charge is -2.43. The van der Waals surface area contributed by atoms with E-state index in [2.05, 4.69) is 13.8 Å². The second kappa shape index (κ2) is 12.2. The Morgan fingerprint density at radius 2 is 1.73 bits per heavy atom. The summed E-state index contributed by atoms with van der Waals surface area (Å²) >= 11 is 6.58. The van der Waals surface area contributed by atoms with Crippen LogP contribution in [0.15, 0.2) is 72.9 Å². The number of methoxy groups -OCH3 is 2. The van der Waals surface area contributed by atoms with E-state index in [1.54, 1.807) is 19.1 Å². The largest absolute Gasteiger partial charge is 0.493 e. The molecule has 2 unspecified atom stereocenters. The lowest BCUT2D eigenvalue weighted by Crippen LogP contribution is -2.50. The van der Waals surface area contributed by atoms with Gasteiger partial charge in [-0.25, -0.2) is 4.68 Å². The van der Waals surface area contributed by atoms with Crippen LogP contribution in [-0.2, 0) is 22.6 Å². The van der Waals surface area contributed by atoms with Gasteiger partial charge in [-0.05, 0) is 67.1 Å². The van der Waals surface area contributed by atoms with E-state index in [9.17, 15) is 9.59 Å². The highest BCUT2D eigenvalue weighted by molar-refractivity contribution is 6.32. The first-order chi connectivity index (χ1) is 21.6. The van der Waals surface area contributed by atoms with Gasteiger partial charge in [-0.15, -0.1) is 0 Å². The number of piperidine rings is 1. The minimum atomic E-state index is -0.530. The van der Waals surface area contributed by atoms with Crippen molar-refractivity contribution in [1.29, 1.82) is 0 Å². The molecule has 0 N–H and O–H groups in total. The first kappa shape index (κ1) is 30.7. The maximum absolute atomic E-state index is 14.8. The van der Waals surface area contributed by atoms with Crippen molar-refractivity contribution >= 4 is 29.1 Å². The summed E-state index contributed by atoms with van der Waals surface area (Å²) in [5.74, 6) is 0.673. The topological polar surface area (TPSA) is 76.9 Å². The van der Waals surface area contributed by atoms with Crippen LogP contribution in [0.25, 0.3) is 5.69 Å². The molecule has 0 aliphatic carbocycles. The zero-order valence-corrected chi connectivity index (χ0v) is 27.2. The van der Waals surface area contributed by atoms with Crippen molar-refractivity contribution in [2.75, 3.05) is 25.7 Å². The molecular weight excluding hydrogens is 588 g/mol. The second-order valence-electron chi connectivity index (χ2n) is 12.8. The Bertz CT molecular complexity index is 1730. The molecule has 2 amide bonds. The van der Waals surface area contributed by atoms with Gasteiger partial charge >= 0.3 is 0 Å². The number of ether oxygens (including phenoxy) is 2. The molecule has 4 aromatic rings. The normalized spacial score (nSPS) is 19.6. The Labute approximate surface area is 269 Å². The number of nitrogens with zero attached hydrogens (tertiary/aromatic N) is 4. The Kier molecular flexibility index (Phi) is 8.35. The molecule has 9 heteroatoms. The molecule has 3 aromatic carbocycles. The summed E-state index contributed by atoms with van der Waals surface area (Å²) in [6.45, 7) is 7.37. The van der Waals surface area contributed by atoms with Gasteiger partial charge in [0.05, 0.1) is 43.1 Å². The van der Waals surface area contributed by atoms with Gasteiger partial charge in [0.25, 0.3) is 0 Å². The third-order valence-corrected chi connectivity index (χ3v) is 9.27. The van der Waals surface area contributed by atoms with Crippen LogP contribution in [0.1, 0.15) is 55.1 Å². The van der Waals surface area contributed by atoms with Gasteiger partial charge in [-0.2, -0.15) is 5.10 Å². The predicted molar refractivity (Wildman–Crippen MR) is 175 cm³/mol.